The Bertz CT molecular complexity index is 599. The normalized spacial score (nSPS) is 10.2. The van der Waals surface area contributed by atoms with Crippen molar-refractivity contribution < 1.29 is 9.66 Å². The van der Waals surface area contributed by atoms with Crippen LogP contribution in [0.4, 0.5) is 5.69 Å². The minimum atomic E-state index is -0.406. The van der Waals surface area contributed by atoms with E-state index >= 15 is 0 Å². The van der Waals surface area contributed by atoms with Crippen molar-refractivity contribution in [2.45, 2.75) is 13.5 Å². The number of aryl methyl sites for hydroxylation is 1. The van der Waals surface area contributed by atoms with Gasteiger partial charge >= 0.3 is 0 Å². The molecule has 0 spiro atoms. The van der Waals surface area contributed by atoms with E-state index in [1.54, 1.807) is 13.0 Å². The summed E-state index contributed by atoms with van der Waals surface area (Å²) in [5.41, 5.74) is 1.67. The molecule has 0 saturated heterocycles. The van der Waals surface area contributed by atoms with Crippen LogP contribution in [0.2, 0.25) is 0 Å². The third-order valence-corrected chi connectivity index (χ3v) is 3.30. The van der Waals surface area contributed by atoms with Gasteiger partial charge in [-0.05, 0) is 34.5 Å². The molecule has 0 aromatic heterocycles. The predicted octanol–water partition coefficient (Wildman–Crippen LogP) is 4.24. The highest BCUT2D eigenvalue weighted by Gasteiger charge is 2.15. The monoisotopic (exact) mass is 321 g/mol. The molecule has 0 amide bonds. The number of hydrogen-bond donors (Lipinski definition) is 0. The second-order valence-electron chi connectivity index (χ2n) is 4.10. The second-order valence-corrected chi connectivity index (χ2v) is 4.95. The molecule has 0 radical (unpaired) electrons. The van der Waals surface area contributed by atoms with Gasteiger partial charge in [0.25, 0.3) is 5.69 Å². The maximum atomic E-state index is 10.9. The molecular weight excluding hydrogens is 310 g/mol. The number of rotatable bonds is 4. The highest BCUT2D eigenvalue weighted by molar-refractivity contribution is 9.10. The number of nitrogens with zero attached hydrogens (tertiary/aromatic N) is 1. The van der Waals surface area contributed by atoms with Gasteiger partial charge in [0.1, 0.15) is 12.4 Å². The summed E-state index contributed by atoms with van der Waals surface area (Å²) >= 11 is 3.36. The zero-order chi connectivity index (χ0) is 13.8. The van der Waals surface area contributed by atoms with Crippen LogP contribution in [0, 0.1) is 17.0 Å². The van der Waals surface area contributed by atoms with Gasteiger partial charge in [0.05, 0.1) is 15.5 Å². The van der Waals surface area contributed by atoms with E-state index in [1.165, 1.54) is 6.07 Å². The van der Waals surface area contributed by atoms with E-state index in [4.69, 9.17) is 4.74 Å². The van der Waals surface area contributed by atoms with Gasteiger partial charge in [-0.15, -0.1) is 0 Å². The van der Waals surface area contributed by atoms with Crippen molar-refractivity contribution in [3.05, 3.63) is 68.2 Å². The summed E-state index contributed by atoms with van der Waals surface area (Å²) in [6.07, 6.45) is 0. The first kappa shape index (κ1) is 13.5. The molecule has 2 aromatic rings. The molecule has 0 unspecified atom stereocenters. The SMILES string of the molecule is Cc1cc(Br)c(OCc2ccccc2)cc1[N+](=O)[O-]. The van der Waals surface area contributed by atoms with Crippen molar-refractivity contribution in [3.8, 4) is 5.75 Å². The van der Waals surface area contributed by atoms with Crippen LogP contribution in [0.3, 0.4) is 0 Å². The molecule has 0 bridgehead atoms. The van der Waals surface area contributed by atoms with Gasteiger partial charge in [0.15, 0.2) is 0 Å². The number of hydrogen-bond acceptors (Lipinski definition) is 3. The summed E-state index contributed by atoms with van der Waals surface area (Å²) in [6, 6.07) is 12.8. The maximum absolute atomic E-state index is 10.9. The highest BCUT2D eigenvalue weighted by Crippen LogP contribution is 2.32. The Hall–Kier alpha value is -1.88. The smallest absolute Gasteiger partial charge is 0.276 e. The fourth-order valence-corrected chi connectivity index (χ4v) is 2.26. The van der Waals surface area contributed by atoms with Crippen LogP contribution in [0.15, 0.2) is 46.9 Å². The van der Waals surface area contributed by atoms with Crippen molar-refractivity contribution in [1.82, 2.24) is 0 Å². The van der Waals surface area contributed by atoms with E-state index in [2.05, 4.69) is 15.9 Å². The Balaban J connectivity index is 2.21. The molecule has 0 atom stereocenters. The van der Waals surface area contributed by atoms with Gasteiger partial charge in [0, 0.05) is 5.56 Å². The molecule has 2 rings (SSSR count). The first-order valence-corrected chi connectivity index (χ1v) is 6.48. The Labute approximate surface area is 119 Å². The van der Waals surface area contributed by atoms with Crippen molar-refractivity contribution in [1.29, 1.82) is 0 Å². The van der Waals surface area contributed by atoms with Gasteiger partial charge in [0.2, 0.25) is 0 Å². The van der Waals surface area contributed by atoms with Crippen LogP contribution in [0.5, 0.6) is 5.75 Å². The van der Waals surface area contributed by atoms with E-state index < -0.39 is 4.92 Å². The van der Waals surface area contributed by atoms with Gasteiger partial charge < -0.3 is 4.74 Å². The van der Waals surface area contributed by atoms with Crippen molar-refractivity contribution in [3.63, 3.8) is 0 Å². The standard InChI is InChI=1S/C14H12BrNO3/c1-10-7-12(15)14(8-13(10)16(17)18)19-9-11-5-3-2-4-6-11/h2-8H,9H2,1H3. The molecule has 5 heteroatoms. The van der Waals surface area contributed by atoms with E-state index in [0.717, 1.165) is 5.56 Å². The van der Waals surface area contributed by atoms with Crippen molar-refractivity contribution in [2.75, 3.05) is 0 Å². The minimum absolute atomic E-state index is 0.0614. The first-order valence-electron chi connectivity index (χ1n) is 5.69. The van der Waals surface area contributed by atoms with Gasteiger partial charge in [-0.3, -0.25) is 10.1 Å². The fraction of sp³-hybridized carbons (Fsp3) is 0.143. The van der Waals surface area contributed by atoms with Crippen LogP contribution < -0.4 is 4.74 Å². The lowest BCUT2D eigenvalue weighted by atomic mass is 10.2. The van der Waals surface area contributed by atoms with Crippen LogP contribution in [0.1, 0.15) is 11.1 Å². The van der Waals surface area contributed by atoms with Gasteiger partial charge in [-0.1, -0.05) is 30.3 Å². The molecule has 2 aromatic carbocycles. The van der Waals surface area contributed by atoms with Crippen LogP contribution in [-0.4, -0.2) is 4.92 Å². The Morgan fingerprint density at radius 2 is 1.95 bits per heavy atom. The van der Waals surface area contributed by atoms with E-state index in [9.17, 15) is 10.1 Å². The Morgan fingerprint density at radius 3 is 2.58 bits per heavy atom. The third kappa shape index (κ3) is 3.32. The van der Waals surface area contributed by atoms with Crippen molar-refractivity contribution in [2.24, 2.45) is 0 Å². The minimum Gasteiger partial charge on any atom is -0.487 e. The summed E-state index contributed by atoms with van der Waals surface area (Å²) in [6.45, 7) is 2.07. The van der Waals surface area contributed by atoms with Crippen LogP contribution >= 0.6 is 15.9 Å². The molecule has 0 fully saturated rings. The lowest BCUT2D eigenvalue weighted by Crippen LogP contribution is -1.98. The van der Waals surface area contributed by atoms with E-state index in [1.807, 2.05) is 30.3 Å². The lowest BCUT2D eigenvalue weighted by molar-refractivity contribution is -0.385. The third-order valence-electron chi connectivity index (χ3n) is 2.68. The molecule has 0 N–H and O–H groups in total. The zero-order valence-electron chi connectivity index (χ0n) is 10.3. The average Bonchev–Trinajstić information content (AvgIpc) is 2.38. The maximum Gasteiger partial charge on any atom is 0.276 e. The van der Waals surface area contributed by atoms with Crippen molar-refractivity contribution >= 4 is 21.6 Å². The fourth-order valence-electron chi connectivity index (χ4n) is 1.68. The Morgan fingerprint density at radius 1 is 1.26 bits per heavy atom. The molecule has 0 aliphatic heterocycles. The number of ether oxygens (including phenoxy) is 1. The lowest BCUT2D eigenvalue weighted by Gasteiger charge is -2.09. The largest absolute Gasteiger partial charge is 0.487 e. The zero-order valence-corrected chi connectivity index (χ0v) is 11.9. The van der Waals surface area contributed by atoms with Gasteiger partial charge in [-0.2, -0.15) is 0 Å². The average molecular weight is 322 g/mol. The number of nitro groups is 1. The Kier molecular flexibility index (Phi) is 4.16. The molecule has 0 aliphatic carbocycles. The summed E-state index contributed by atoms with van der Waals surface area (Å²) < 4.78 is 6.33. The molecule has 0 aliphatic rings. The second kappa shape index (κ2) is 5.84. The van der Waals surface area contributed by atoms with E-state index in [0.29, 0.717) is 22.4 Å². The summed E-state index contributed by atoms with van der Waals surface area (Å²) in [7, 11) is 0. The molecule has 4 nitrogen and oxygen atoms in total. The summed E-state index contributed by atoms with van der Waals surface area (Å²) in [5.74, 6) is 0.473. The first-order chi connectivity index (χ1) is 9.08. The number of nitro benzene ring substituents is 1. The predicted molar refractivity (Wildman–Crippen MR) is 76.3 cm³/mol. The summed E-state index contributed by atoms with van der Waals surface area (Å²) in [4.78, 5) is 10.5. The molecule has 0 saturated carbocycles. The van der Waals surface area contributed by atoms with Crippen LogP contribution in [0.25, 0.3) is 0 Å². The molecule has 98 valence electrons. The van der Waals surface area contributed by atoms with Crippen LogP contribution in [-0.2, 0) is 6.61 Å². The summed E-state index contributed by atoms with van der Waals surface area (Å²) in [5, 5.41) is 10.9. The van der Waals surface area contributed by atoms with E-state index in [-0.39, 0.29) is 5.69 Å². The molecular formula is C14H12BrNO3. The quantitative estimate of drug-likeness (QED) is 0.625. The molecule has 0 heterocycles. The molecule has 19 heavy (non-hydrogen) atoms. The highest BCUT2D eigenvalue weighted by atomic mass is 79.9. The number of benzene rings is 2. The topological polar surface area (TPSA) is 52.4 Å². The number of halogens is 1. The van der Waals surface area contributed by atoms with Gasteiger partial charge in [-0.25, -0.2) is 0 Å².